The Balaban J connectivity index is 2.12. The summed E-state index contributed by atoms with van der Waals surface area (Å²) in [7, 11) is 3.72. The highest BCUT2D eigenvalue weighted by atomic mass is 19.1. The third-order valence-corrected chi connectivity index (χ3v) is 5.54. The molecule has 1 aliphatic heterocycles. The van der Waals surface area contributed by atoms with Crippen LogP contribution in [0.4, 0.5) is 4.39 Å². The minimum atomic E-state index is -1.18. The van der Waals surface area contributed by atoms with E-state index in [1.807, 2.05) is 50.4 Å². The highest BCUT2D eigenvalue weighted by Gasteiger charge is 2.50. The average molecular weight is 340 g/mol. The number of nitrogens with two attached hydrogens (primary N) is 1. The minimum absolute atomic E-state index is 0.0865. The monoisotopic (exact) mass is 340 g/mol. The summed E-state index contributed by atoms with van der Waals surface area (Å²) in [4.78, 5) is 2.11. The predicted octanol–water partition coefficient (Wildman–Crippen LogP) is 3.11. The summed E-state index contributed by atoms with van der Waals surface area (Å²) in [6.45, 7) is 2.51. The van der Waals surface area contributed by atoms with E-state index in [0.717, 1.165) is 23.3 Å². The molecule has 25 heavy (non-hydrogen) atoms. The Morgan fingerprint density at radius 2 is 2.08 bits per heavy atom. The van der Waals surface area contributed by atoms with Crippen LogP contribution in [0, 0.1) is 16.7 Å². The molecule has 132 valence electrons. The normalized spacial score (nSPS) is 31.6. The lowest BCUT2D eigenvalue weighted by atomic mass is 9.65. The molecule has 5 heteroatoms. The van der Waals surface area contributed by atoms with Crippen LogP contribution in [0.2, 0.25) is 0 Å². The van der Waals surface area contributed by atoms with Crippen molar-refractivity contribution in [2.45, 2.75) is 32.0 Å². The number of nitrogens with zero attached hydrogens (tertiary/aromatic N) is 3. The molecule has 0 spiro atoms. The van der Waals surface area contributed by atoms with Crippen molar-refractivity contribution in [1.29, 1.82) is 5.26 Å². The van der Waals surface area contributed by atoms with Crippen molar-refractivity contribution in [2.24, 2.45) is 11.3 Å². The Labute approximate surface area is 149 Å². The molecule has 3 unspecified atom stereocenters. The van der Waals surface area contributed by atoms with Crippen LogP contribution in [0.1, 0.15) is 25.3 Å². The first kappa shape index (κ1) is 17.7. The molecule has 1 aromatic rings. The van der Waals surface area contributed by atoms with Gasteiger partial charge in [-0.1, -0.05) is 43.3 Å². The van der Waals surface area contributed by atoms with Gasteiger partial charge in [-0.15, -0.1) is 0 Å². The number of likely N-dealkylation sites (N-methyl/N-ethyl adjacent to an activating group) is 1. The molecule has 1 fully saturated rings. The van der Waals surface area contributed by atoms with Crippen molar-refractivity contribution in [3.8, 4) is 6.07 Å². The average Bonchev–Trinajstić information content (AvgIpc) is 2.58. The fourth-order valence-corrected chi connectivity index (χ4v) is 4.46. The van der Waals surface area contributed by atoms with Crippen LogP contribution < -0.4 is 5.84 Å². The standard InChI is InChI=1S/C20H25FN4/c1-20-11-14(12-22)13-24(2)17(20)10-9-16(19(20)21)18(25(3)23)15-7-5-4-6-8-15/h4-8,11,17,19H,9-10,13,23H2,1-3H3. The molecule has 0 bridgehead atoms. The van der Waals surface area contributed by atoms with Crippen molar-refractivity contribution in [1.82, 2.24) is 9.91 Å². The van der Waals surface area contributed by atoms with Crippen LogP contribution >= 0.6 is 0 Å². The van der Waals surface area contributed by atoms with Gasteiger partial charge in [-0.25, -0.2) is 10.2 Å². The first-order valence-corrected chi connectivity index (χ1v) is 8.61. The van der Waals surface area contributed by atoms with Gasteiger partial charge in [-0.05, 0) is 31.0 Å². The van der Waals surface area contributed by atoms with Crippen LogP contribution in [0.5, 0.6) is 0 Å². The fraction of sp³-hybridized carbons (Fsp3) is 0.450. The van der Waals surface area contributed by atoms with Gasteiger partial charge in [0.15, 0.2) is 0 Å². The van der Waals surface area contributed by atoms with Crippen LogP contribution in [-0.4, -0.2) is 42.8 Å². The van der Waals surface area contributed by atoms with Gasteiger partial charge in [0.2, 0.25) is 0 Å². The molecule has 1 aromatic carbocycles. The second-order valence-electron chi connectivity index (χ2n) is 7.33. The summed E-state index contributed by atoms with van der Waals surface area (Å²) in [5.74, 6) is 6.08. The van der Waals surface area contributed by atoms with Crippen molar-refractivity contribution in [3.63, 3.8) is 0 Å². The van der Waals surface area contributed by atoms with E-state index in [9.17, 15) is 5.26 Å². The maximum Gasteiger partial charge on any atom is 0.134 e. The van der Waals surface area contributed by atoms with E-state index in [0.29, 0.717) is 18.5 Å². The van der Waals surface area contributed by atoms with Gasteiger partial charge in [0.05, 0.1) is 11.8 Å². The Morgan fingerprint density at radius 3 is 2.68 bits per heavy atom. The highest BCUT2D eigenvalue weighted by molar-refractivity contribution is 5.68. The number of alkyl halides is 1. The van der Waals surface area contributed by atoms with Gasteiger partial charge in [0.25, 0.3) is 0 Å². The van der Waals surface area contributed by atoms with Gasteiger partial charge in [0.1, 0.15) is 6.17 Å². The van der Waals surface area contributed by atoms with E-state index < -0.39 is 11.6 Å². The molecule has 3 rings (SSSR count). The van der Waals surface area contributed by atoms with Crippen LogP contribution in [0.15, 0.2) is 47.6 Å². The van der Waals surface area contributed by atoms with E-state index in [1.165, 1.54) is 5.01 Å². The molecule has 1 saturated carbocycles. The largest absolute Gasteiger partial charge is 0.313 e. The van der Waals surface area contributed by atoms with Crippen LogP contribution in [0.25, 0.3) is 5.70 Å². The third-order valence-electron chi connectivity index (χ3n) is 5.54. The molecule has 3 atom stereocenters. The summed E-state index contributed by atoms with van der Waals surface area (Å²) < 4.78 is 15.8. The first-order chi connectivity index (χ1) is 11.9. The van der Waals surface area contributed by atoms with E-state index in [1.54, 1.807) is 7.05 Å². The number of fused-ring (bicyclic) bond motifs is 1. The molecule has 2 aliphatic rings. The maximum absolute atomic E-state index is 15.8. The maximum atomic E-state index is 15.8. The number of allylic oxidation sites excluding steroid dienone is 1. The Bertz CT molecular complexity index is 747. The van der Waals surface area contributed by atoms with Gasteiger partial charge in [-0.2, -0.15) is 5.26 Å². The van der Waals surface area contributed by atoms with E-state index >= 15 is 4.39 Å². The number of nitriles is 1. The Morgan fingerprint density at radius 1 is 1.40 bits per heavy atom. The number of rotatable bonds is 2. The molecule has 0 radical (unpaired) electrons. The van der Waals surface area contributed by atoms with Crippen LogP contribution in [-0.2, 0) is 0 Å². The molecule has 0 amide bonds. The molecular formula is C20H25FN4. The summed E-state index contributed by atoms with van der Waals surface area (Å²) in [6.07, 6.45) is 2.18. The molecule has 0 saturated heterocycles. The Kier molecular flexibility index (Phi) is 4.68. The minimum Gasteiger partial charge on any atom is -0.313 e. The number of halogens is 1. The molecule has 1 aliphatic carbocycles. The van der Waals surface area contributed by atoms with E-state index in [-0.39, 0.29) is 6.04 Å². The zero-order valence-corrected chi connectivity index (χ0v) is 15.0. The predicted molar refractivity (Wildman–Crippen MR) is 97.7 cm³/mol. The van der Waals surface area contributed by atoms with E-state index in [4.69, 9.17) is 5.84 Å². The molecule has 4 nitrogen and oxygen atoms in total. The SMILES string of the molecule is CN(N)C(=C1CCC2N(C)CC(C#N)=CC2(C)C1F)c1ccccc1. The number of hydrogen-bond donors (Lipinski definition) is 1. The summed E-state index contributed by atoms with van der Waals surface area (Å²) >= 11 is 0. The molecular weight excluding hydrogens is 315 g/mol. The fourth-order valence-electron chi connectivity index (χ4n) is 4.46. The third kappa shape index (κ3) is 2.97. The van der Waals surface area contributed by atoms with E-state index in [2.05, 4.69) is 11.0 Å². The zero-order chi connectivity index (χ0) is 18.2. The lowest BCUT2D eigenvalue weighted by Crippen LogP contribution is -2.55. The Hall–Kier alpha value is -2.16. The van der Waals surface area contributed by atoms with Gasteiger partial charge in [0, 0.05) is 30.6 Å². The second-order valence-corrected chi connectivity index (χ2v) is 7.33. The van der Waals surface area contributed by atoms with Crippen molar-refractivity contribution in [2.75, 3.05) is 20.6 Å². The van der Waals surface area contributed by atoms with Gasteiger partial charge < -0.3 is 5.01 Å². The molecule has 1 heterocycles. The lowest BCUT2D eigenvalue weighted by Gasteiger charge is -2.50. The van der Waals surface area contributed by atoms with Crippen molar-refractivity contribution in [3.05, 3.63) is 53.1 Å². The highest BCUT2D eigenvalue weighted by Crippen LogP contribution is 2.49. The topological polar surface area (TPSA) is 56.3 Å². The quantitative estimate of drug-likeness (QED) is 0.664. The smallest absolute Gasteiger partial charge is 0.134 e. The van der Waals surface area contributed by atoms with Crippen LogP contribution in [0.3, 0.4) is 0 Å². The number of hydrazine groups is 1. The lowest BCUT2D eigenvalue weighted by molar-refractivity contribution is 0.0412. The summed E-state index contributed by atoms with van der Waals surface area (Å²) in [5, 5.41) is 10.8. The number of hydrogen-bond acceptors (Lipinski definition) is 4. The van der Waals surface area contributed by atoms with Gasteiger partial charge >= 0.3 is 0 Å². The van der Waals surface area contributed by atoms with Crippen molar-refractivity contribution < 1.29 is 4.39 Å². The molecule has 0 aromatic heterocycles. The first-order valence-electron chi connectivity index (χ1n) is 8.61. The van der Waals surface area contributed by atoms with Crippen molar-refractivity contribution >= 4 is 5.70 Å². The molecule has 2 N–H and O–H groups in total. The zero-order valence-electron chi connectivity index (χ0n) is 15.0. The van der Waals surface area contributed by atoms with Gasteiger partial charge in [-0.3, -0.25) is 4.90 Å². The summed E-state index contributed by atoms with van der Waals surface area (Å²) in [6, 6.07) is 12.0. The second kappa shape index (κ2) is 6.62. The number of benzene rings is 1. The summed E-state index contributed by atoms with van der Waals surface area (Å²) in [5.41, 5.74) is 2.29.